The number of amides is 2. The molecule has 0 aromatic heterocycles. The molecule has 30 heavy (non-hydrogen) atoms. The van der Waals surface area contributed by atoms with Crippen LogP contribution in [0.3, 0.4) is 0 Å². The number of fused-ring (bicyclic) bond motifs is 2. The number of carbonyl (C=O) groups is 2. The second-order valence-electron chi connectivity index (χ2n) is 7.11. The monoisotopic (exact) mass is 474 g/mol. The van der Waals surface area contributed by atoms with Gasteiger partial charge in [0.15, 0.2) is 0 Å². The fourth-order valence-electron chi connectivity index (χ4n) is 3.69. The van der Waals surface area contributed by atoms with Crippen LogP contribution in [0.4, 0.5) is 13.2 Å². The minimum absolute atomic E-state index is 0.188. The SMILES string of the molecule is O=C(NC1c2ccc(Cl)cc2Sc2cccc(Cl)c21)C1CCC(C(F)(F)F)NC1=O. The molecule has 2 amide bonds. The Labute approximate surface area is 184 Å². The first kappa shape index (κ1) is 21.3. The minimum atomic E-state index is -4.54. The van der Waals surface area contributed by atoms with Gasteiger partial charge in [0, 0.05) is 25.4 Å². The van der Waals surface area contributed by atoms with Crippen LogP contribution in [-0.2, 0) is 9.59 Å². The second-order valence-corrected chi connectivity index (χ2v) is 9.04. The third kappa shape index (κ3) is 4.00. The second kappa shape index (κ2) is 7.98. The quantitative estimate of drug-likeness (QED) is 0.593. The molecule has 2 aromatic carbocycles. The van der Waals surface area contributed by atoms with E-state index in [1.807, 2.05) is 11.4 Å². The van der Waals surface area contributed by atoms with Gasteiger partial charge in [-0.15, -0.1) is 0 Å². The van der Waals surface area contributed by atoms with Crippen LogP contribution in [0.2, 0.25) is 10.0 Å². The van der Waals surface area contributed by atoms with Gasteiger partial charge >= 0.3 is 6.18 Å². The highest BCUT2D eigenvalue weighted by Gasteiger charge is 2.46. The van der Waals surface area contributed by atoms with Crippen molar-refractivity contribution < 1.29 is 22.8 Å². The standard InChI is InChI=1S/C20H15Cl2F3N2O2S/c21-9-4-5-10-14(8-9)30-13-3-1-2-12(22)16(13)17(10)27-19(29)11-6-7-15(20(23,24)25)26-18(11)28/h1-5,8,11,15,17H,6-7H2,(H,26,28)(H,27,29). The van der Waals surface area contributed by atoms with E-state index in [-0.39, 0.29) is 12.8 Å². The van der Waals surface area contributed by atoms with Crippen molar-refractivity contribution in [2.75, 3.05) is 0 Å². The van der Waals surface area contributed by atoms with E-state index in [9.17, 15) is 22.8 Å². The maximum Gasteiger partial charge on any atom is 0.408 e. The Morgan fingerprint density at radius 2 is 1.90 bits per heavy atom. The van der Waals surface area contributed by atoms with Gasteiger partial charge in [0.2, 0.25) is 11.8 Å². The molecule has 4 nitrogen and oxygen atoms in total. The lowest BCUT2D eigenvalue weighted by atomic mass is 9.91. The third-order valence-electron chi connectivity index (χ3n) is 5.18. The molecule has 0 radical (unpaired) electrons. The van der Waals surface area contributed by atoms with Crippen LogP contribution in [0.5, 0.6) is 0 Å². The minimum Gasteiger partial charge on any atom is -0.344 e. The molecular weight excluding hydrogens is 460 g/mol. The van der Waals surface area contributed by atoms with E-state index >= 15 is 0 Å². The van der Waals surface area contributed by atoms with E-state index in [0.717, 1.165) is 15.4 Å². The Kier molecular flexibility index (Phi) is 5.67. The van der Waals surface area contributed by atoms with E-state index in [2.05, 4.69) is 5.32 Å². The number of benzene rings is 2. The van der Waals surface area contributed by atoms with Gasteiger partial charge < -0.3 is 10.6 Å². The van der Waals surface area contributed by atoms with E-state index in [0.29, 0.717) is 15.6 Å². The molecule has 2 aromatic rings. The molecule has 2 aliphatic rings. The van der Waals surface area contributed by atoms with Crippen LogP contribution in [-0.4, -0.2) is 24.0 Å². The molecule has 2 N–H and O–H groups in total. The largest absolute Gasteiger partial charge is 0.408 e. The predicted octanol–water partition coefficient (Wildman–Crippen LogP) is 5.12. The summed E-state index contributed by atoms with van der Waals surface area (Å²) in [6.07, 6.45) is -5.08. The average molecular weight is 475 g/mol. The summed E-state index contributed by atoms with van der Waals surface area (Å²) in [6.45, 7) is 0. The van der Waals surface area contributed by atoms with Gasteiger partial charge in [-0.3, -0.25) is 9.59 Å². The molecule has 1 saturated heterocycles. The van der Waals surface area contributed by atoms with Gasteiger partial charge in [0.25, 0.3) is 0 Å². The summed E-state index contributed by atoms with van der Waals surface area (Å²) < 4.78 is 38.6. The van der Waals surface area contributed by atoms with Crippen molar-refractivity contribution in [1.82, 2.24) is 10.6 Å². The van der Waals surface area contributed by atoms with E-state index < -0.39 is 36.0 Å². The Hall–Kier alpha value is -1.90. The molecule has 3 unspecified atom stereocenters. The molecule has 0 saturated carbocycles. The highest BCUT2D eigenvalue weighted by Crippen LogP contribution is 2.48. The van der Waals surface area contributed by atoms with E-state index in [1.165, 1.54) is 11.8 Å². The lowest BCUT2D eigenvalue weighted by Gasteiger charge is -2.33. The van der Waals surface area contributed by atoms with Crippen molar-refractivity contribution in [2.45, 2.75) is 40.9 Å². The molecule has 3 atom stereocenters. The summed E-state index contributed by atoms with van der Waals surface area (Å²) >= 11 is 14.0. The first-order valence-electron chi connectivity index (χ1n) is 9.08. The van der Waals surface area contributed by atoms with Gasteiger partial charge in [-0.05, 0) is 42.7 Å². The number of rotatable bonds is 2. The van der Waals surface area contributed by atoms with Crippen molar-refractivity contribution >= 4 is 46.8 Å². The van der Waals surface area contributed by atoms with Crippen molar-refractivity contribution in [3.63, 3.8) is 0 Å². The zero-order valence-corrected chi connectivity index (χ0v) is 17.6. The summed E-state index contributed by atoms with van der Waals surface area (Å²) in [4.78, 5) is 26.8. The molecule has 0 spiro atoms. The van der Waals surface area contributed by atoms with Gasteiger partial charge in [-0.25, -0.2) is 0 Å². The van der Waals surface area contributed by atoms with Gasteiger partial charge in [0.1, 0.15) is 12.0 Å². The summed E-state index contributed by atoms with van der Waals surface area (Å²) in [5, 5.41) is 5.70. The summed E-state index contributed by atoms with van der Waals surface area (Å²) in [5.41, 5.74) is 1.43. The first-order chi connectivity index (χ1) is 14.1. The Morgan fingerprint density at radius 3 is 2.60 bits per heavy atom. The van der Waals surface area contributed by atoms with Crippen molar-refractivity contribution in [3.05, 3.63) is 57.6 Å². The Balaban J connectivity index is 1.62. The van der Waals surface area contributed by atoms with Gasteiger partial charge in [-0.1, -0.05) is 47.1 Å². The highest BCUT2D eigenvalue weighted by atomic mass is 35.5. The highest BCUT2D eigenvalue weighted by molar-refractivity contribution is 7.99. The van der Waals surface area contributed by atoms with E-state index in [4.69, 9.17) is 23.2 Å². The van der Waals surface area contributed by atoms with Crippen molar-refractivity contribution in [2.24, 2.45) is 5.92 Å². The van der Waals surface area contributed by atoms with Gasteiger partial charge in [0.05, 0.1) is 6.04 Å². The topological polar surface area (TPSA) is 58.2 Å². The normalized spacial score (nSPS) is 23.2. The lowest BCUT2D eigenvalue weighted by molar-refractivity contribution is -0.171. The van der Waals surface area contributed by atoms with Gasteiger partial charge in [-0.2, -0.15) is 13.2 Å². The zero-order chi connectivity index (χ0) is 21.6. The zero-order valence-electron chi connectivity index (χ0n) is 15.2. The van der Waals surface area contributed by atoms with Crippen molar-refractivity contribution in [1.29, 1.82) is 0 Å². The molecule has 10 heteroatoms. The number of hydrogen-bond acceptors (Lipinski definition) is 3. The number of nitrogens with one attached hydrogen (secondary N) is 2. The number of piperidine rings is 1. The molecule has 4 rings (SSSR count). The molecule has 2 heterocycles. The number of hydrogen-bond donors (Lipinski definition) is 2. The molecule has 158 valence electrons. The van der Waals surface area contributed by atoms with Crippen LogP contribution in [0.15, 0.2) is 46.2 Å². The molecule has 1 fully saturated rings. The fraction of sp³-hybridized carbons (Fsp3) is 0.300. The van der Waals surface area contributed by atoms with Crippen LogP contribution in [0, 0.1) is 5.92 Å². The predicted molar refractivity (Wildman–Crippen MR) is 108 cm³/mol. The molecule has 2 aliphatic heterocycles. The van der Waals surface area contributed by atoms with Crippen molar-refractivity contribution in [3.8, 4) is 0 Å². The summed E-state index contributed by atoms with van der Waals surface area (Å²) in [6, 6.07) is 7.98. The molecule has 0 bridgehead atoms. The number of halogens is 5. The number of carbonyl (C=O) groups excluding carboxylic acids is 2. The lowest BCUT2D eigenvalue weighted by Crippen LogP contribution is -2.54. The number of alkyl halides is 3. The summed E-state index contributed by atoms with van der Waals surface area (Å²) in [7, 11) is 0. The van der Waals surface area contributed by atoms with Crippen LogP contribution in [0.1, 0.15) is 30.0 Å². The maximum absolute atomic E-state index is 12.9. The Bertz CT molecular complexity index is 1030. The first-order valence-corrected chi connectivity index (χ1v) is 10.7. The third-order valence-corrected chi connectivity index (χ3v) is 6.90. The molecular formula is C20H15Cl2F3N2O2S. The average Bonchev–Trinajstić information content (AvgIpc) is 2.66. The smallest absolute Gasteiger partial charge is 0.344 e. The summed E-state index contributed by atoms with van der Waals surface area (Å²) in [5.74, 6) is -2.78. The maximum atomic E-state index is 12.9. The van der Waals surface area contributed by atoms with Crippen LogP contribution in [0.25, 0.3) is 0 Å². The van der Waals surface area contributed by atoms with Crippen LogP contribution < -0.4 is 10.6 Å². The van der Waals surface area contributed by atoms with E-state index in [1.54, 1.807) is 30.3 Å². The molecule has 0 aliphatic carbocycles. The Morgan fingerprint density at radius 1 is 1.13 bits per heavy atom. The fourth-order valence-corrected chi connectivity index (χ4v) is 5.48. The van der Waals surface area contributed by atoms with Crippen LogP contribution >= 0.6 is 35.0 Å².